The second kappa shape index (κ2) is 8.76. The molecule has 6 nitrogen and oxygen atoms in total. The minimum Gasteiger partial charge on any atom is -0.454 e. The van der Waals surface area contributed by atoms with Gasteiger partial charge in [0.25, 0.3) is 5.56 Å². The summed E-state index contributed by atoms with van der Waals surface area (Å²) in [5.74, 6) is 1.26. The zero-order valence-corrected chi connectivity index (χ0v) is 20.4. The molecule has 0 atom stereocenters. The van der Waals surface area contributed by atoms with Gasteiger partial charge < -0.3 is 9.47 Å². The molecule has 1 aliphatic heterocycles. The molecule has 1 aliphatic carbocycles. The van der Waals surface area contributed by atoms with Crippen LogP contribution in [0.3, 0.4) is 0 Å². The largest absolute Gasteiger partial charge is 0.454 e. The zero-order valence-electron chi connectivity index (χ0n) is 18.0. The van der Waals surface area contributed by atoms with Gasteiger partial charge in [0.1, 0.15) is 4.83 Å². The topological polar surface area (TPSA) is 70.4 Å². The molecule has 172 valence electrons. The number of aromatic nitrogens is 2. The van der Waals surface area contributed by atoms with Crippen molar-refractivity contribution in [1.82, 2.24) is 9.55 Å². The molecule has 6 rings (SSSR count). The van der Waals surface area contributed by atoms with E-state index in [9.17, 15) is 9.59 Å². The molecule has 0 N–H and O–H groups in total. The quantitative estimate of drug-likeness (QED) is 0.195. The standard InChI is InChI=1S/C25H19ClN2O4S2/c26-15-6-8-16(9-7-15)28-24(30)22-17-3-1-2-4-21(17)34-23(22)27-25(28)33-12-18(29)14-5-10-19-20(11-14)32-13-31-19/h5-11H,1-4,12-13H2. The van der Waals surface area contributed by atoms with Crippen LogP contribution in [0.5, 0.6) is 11.5 Å². The molecule has 3 heterocycles. The number of halogens is 1. The summed E-state index contributed by atoms with van der Waals surface area (Å²) in [6.45, 7) is 0.157. The highest BCUT2D eigenvalue weighted by Gasteiger charge is 2.24. The van der Waals surface area contributed by atoms with Crippen LogP contribution in [0.4, 0.5) is 0 Å². The van der Waals surface area contributed by atoms with Crippen molar-refractivity contribution in [2.75, 3.05) is 12.5 Å². The van der Waals surface area contributed by atoms with E-state index >= 15 is 0 Å². The highest BCUT2D eigenvalue weighted by molar-refractivity contribution is 7.99. The first-order chi connectivity index (χ1) is 16.6. The number of thioether (sulfide) groups is 1. The Morgan fingerprint density at radius 1 is 1.09 bits per heavy atom. The first-order valence-electron chi connectivity index (χ1n) is 11.0. The predicted molar refractivity (Wildman–Crippen MR) is 134 cm³/mol. The summed E-state index contributed by atoms with van der Waals surface area (Å²) in [6, 6.07) is 12.3. The Morgan fingerprint density at radius 3 is 2.74 bits per heavy atom. The summed E-state index contributed by atoms with van der Waals surface area (Å²) in [6.07, 6.45) is 4.11. The molecule has 0 fully saturated rings. The molecule has 0 bridgehead atoms. The molecule has 2 aromatic carbocycles. The predicted octanol–water partition coefficient (Wildman–Crippen LogP) is 5.68. The number of nitrogens with zero attached hydrogens (tertiary/aromatic N) is 2. The molecule has 0 saturated heterocycles. The van der Waals surface area contributed by atoms with Gasteiger partial charge in [-0.25, -0.2) is 4.98 Å². The van der Waals surface area contributed by atoms with Crippen molar-refractivity contribution in [3.05, 3.63) is 73.8 Å². The van der Waals surface area contributed by atoms with Gasteiger partial charge >= 0.3 is 0 Å². The molecule has 4 aromatic rings. The number of benzene rings is 2. The Bertz CT molecular complexity index is 1490. The van der Waals surface area contributed by atoms with Crippen LogP contribution >= 0.6 is 34.7 Å². The van der Waals surface area contributed by atoms with E-state index in [1.165, 1.54) is 16.6 Å². The molecule has 0 saturated carbocycles. The van der Waals surface area contributed by atoms with Gasteiger partial charge in [-0.2, -0.15) is 0 Å². The Balaban J connectivity index is 1.40. The van der Waals surface area contributed by atoms with Crippen LogP contribution in [-0.4, -0.2) is 27.9 Å². The van der Waals surface area contributed by atoms with E-state index in [1.807, 2.05) is 0 Å². The fourth-order valence-electron chi connectivity index (χ4n) is 4.38. The van der Waals surface area contributed by atoms with Crippen LogP contribution in [-0.2, 0) is 12.8 Å². The number of hydrogen-bond acceptors (Lipinski definition) is 7. The Kier molecular flexibility index (Phi) is 5.59. The average molecular weight is 511 g/mol. The third kappa shape index (κ3) is 3.79. The number of carbonyl (C=O) groups excluding carboxylic acids is 1. The summed E-state index contributed by atoms with van der Waals surface area (Å²) in [4.78, 5) is 33.6. The van der Waals surface area contributed by atoms with Gasteiger partial charge in [-0.3, -0.25) is 14.2 Å². The molecular formula is C25H19ClN2O4S2. The van der Waals surface area contributed by atoms with E-state index in [2.05, 4.69) is 0 Å². The van der Waals surface area contributed by atoms with Crippen LogP contribution < -0.4 is 15.0 Å². The second-order valence-electron chi connectivity index (χ2n) is 8.18. The Labute approximate surface area is 208 Å². The van der Waals surface area contributed by atoms with Gasteiger partial charge in [0.05, 0.1) is 16.8 Å². The van der Waals surface area contributed by atoms with Crippen molar-refractivity contribution in [3.63, 3.8) is 0 Å². The lowest BCUT2D eigenvalue weighted by Gasteiger charge is -2.13. The number of Topliss-reactive ketones (excluding diaryl/α,β-unsaturated/α-hetero) is 1. The molecular weight excluding hydrogens is 492 g/mol. The summed E-state index contributed by atoms with van der Waals surface area (Å²) in [5, 5.41) is 1.79. The van der Waals surface area contributed by atoms with Crippen molar-refractivity contribution < 1.29 is 14.3 Å². The highest BCUT2D eigenvalue weighted by Crippen LogP contribution is 2.36. The first-order valence-corrected chi connectivity index (χ1v) is 13.2. The van der Waals surface area contributed by atoms with E-state index < -0.39 is 0 Å². The number of rotatable bonds is 5. The second-order valence-corrected chi connectivity index (χ2v) is 10.6. The molecule has 0 amide bonds. The molecule has 9 heteroatoms. The molecule has 0 spiro atoms. The minimum absolute atomic E-state index is 0.0780. The minimum atomic E-state index is -0.0928. The first kappa shape index (κ1) is 21.7. The third-order valence-corrected chi connectivity index (χ3v) is 8.45. The van der Waals surface area contributed by atoms with Crippen molar-refractivity contribution in [2.24, 2.45) is 0 Å². The smallest absolute Gasteiger partial charge is 0.267 e. The normalized spacial score (nSPS) is 14.4. The third-order valence-electron chi connectivity index (χ3n) is 6.07. The van der Waals surface area contributed by atoms with Gasteiger partial charge in [-0.1, -0.05) is 23.4 Å². The maximum absolute atomic E-state index is 13.8. The summed E-state index contributed by atoms with van der Waals surface area (Å²) in [7, 11) is 0. The number of ketones is 1. The van der Waals surface area contributed by atoms with E-state index in [1.54, 1.807) is 58.4 Å². The molecule has 0 unspecified atom stereocenters. The van der Waals surface area contributed by atoms with E-state index in [0.29, 0.717) is 38.3 Å². The maximum atomic E-state index is 13.8. The van der Waals surface area contributed by atoms with Crippen LogP contribution in [0.2, 0.25) is 5.02 Å². The van der Waals surface area contributed by atoms with Crippen LogP contribution in [0.15, 0.2) is 52.4 Å². The molecule has 2 aliphatic rings. The van der Waals surface area contributed by atoms with E-state index in [4.69, 9.17) is 26.1 Å². The molecule has 34 heavy (non-hydrogen) atoms. The number of thiophene rings is 1. The lowest BCUT2D eigenvalue weighted by atomic mass is 9.97. The number of ether oxygens (including phenoxy) is 2. The Hall–Kier alpha value is -2.81. The number of aryl methyl sites for hydroxylation is 2. The van der Waals surface area contributed by atoms with Crippen molar-refractivity contribution >= 4 is 50.7 Å². The summed E-state index contributed by atoms with van der Waals surface area (Å²) >= 11 is 8.96. The van der Waals surface area contributed by atoms with Crippen molar-refractivity contribution in [2.45, 2.75) is 30.8 Å². The van der Waals surface area contributed by atoms with Crippen LogP contribution in [0.1, 0.15) is 33.6 Å². The van der Waals surface area contributed by atoms with Crippen molar-refractivity contribution in [1.29, 1.82) is 0 Å². The summed E-state index contributed by atoms with van der Waals surface area (Å²) in [5.41, 5.74) is 2.26. The van der Waals surface area contributed by atoms with Gasteiger partial charge in [-0.15, -0.1) is 11.3 Å². The van der Waals surface area contributed by atoms with Gasteiger partial charge in [0.15, 0.2) is 22.4 Å². The van der Waals surface area contributed by atoms with Gasteiger partial charge in [-0.05, 0) is 73.7 Å². The van der Waals surface area contributed by atoms with Gasteiger partial charge in [0.2, 0.25) is 6.79 Å². The van der Waals surface area contributed by atoms with Crippen LogP contribution in [0, 0.1) is 0 Å². The zero-order chi connectivity index (χ0) is 23.2. The maximum Gasteiger partial charge on any atom is 0.267 e. The fourth-order valence-corrected chi connectivity index (χ4v) is 6.72. The van der Waals surface area contributed by atoms with E-state index in [0.717, 1.165) is 36.1 Å². The summed E-state index contributed by atoms with van der Waals surface area (Å²) < 4.78 is 12.3. The molecule has 2 aromatic heterocycles. The van der Waals surface area contributed by atoms with E-state index in [-0.39, 0.29) is 23.9 Å². The van der Waals surface area contributed by atoms with Crippen LogP contribution in [0.25, 0.3) is 15.9 Å². The average Bonchev–Trinajstić information content (AvgIpc) is 3.47. The number of hydrogen-bond donors (Lipinski definition) is 0. The number of carbonyl (C=O) groups is 1. The number of fused-ring (bicyclic) bond motifs is 4. The van der Waals surface area contributed by atoms with Gasteiger partial charge in [0, 0.05) is 15.5 Å². The lowest BCUT2D eigenvalue weighted by Crippen LogP contribution is -2.22. The Morgan fingerprint density at radius 2 is 1.88 bits per heavy atom. The molecule has 0 radical (unpaired) electrons. The highest BCUT2D eigenvalue weighted by atomic mass is 35.5. The fraction of sp³-hybridized carbons (Fsp3) is 0.240. The van der Waals surface area contributed by atoms with Crippen molar-refractivity contribution in [3.8, 4) is 17.2 Å². The lowest BCUT2D eigenvalue weighted by molar-refractivity contribution is 0.102. The monoisotopic (exact) mass is 510 g/mol. The SMILES string of the molecule is O=C(CSc1nc2sc3c(c2c(=O)n1-c1ccc(Cl)cc1)CCCC3)c1ccc2c(c1)OCO2.